The van der Waals surface area contributed by atoms with Crippen LogP contribution < -0.4 is 4.90 Å². The molecule has 2 fully saturated rings. The van der Waals surface area contributed by atoms with Crippen LogP contribution in [-0.2, 0) is 11.2 Å². The van der Waals surface area contributed by atoms with Gasteiger partial charge in [-0.3, -0.25) is 0 Å². The summed E-state index contributed by atoms with van der Waals surface area (Å²) in [6.07, 6.45) is 10.7. The number of nitrogens with zero attached hydrogens (tertiary/aromatic N) is 1. The second kappa shape index (κ2) is 7.51. The molecule has 0 radical (unpaired) electrons. The van der Waals surface area contributed by atoms with Gasteiger partial charge in [-0.2, -0.15) is 0 Å². The average Bonchev–Trinajstić information content (AvgIpc) is 3.23. The summed E-state index contributed by atoms with van der Waals surface area (Å²) in [5.41, 5.74) is 5.83. The molecule has 1 saturated heterocycles. The Kier molecular flexibility index (Phi) is 4.85. The highest BCUT2D eigenvalue weighted by molar-refractivity contribution is 5.56. The molecule has 1 atom stereocenters. The van der Waals surface area contributed by atoms with Gasteiger partial charge in [-0.25, -0.2) is 0 Å². The van der Waals surface area contributed by atoms with E-state index in [1.165, 1.54) is 54.5 Å². The van der Waals surface area contributed by atoms with Gasteiger partial charge in [0.15, 0.2) is 0 Å². The smallest absolute Gasteiger partial charge is 0.123 e. The Balaban J connectivity index is 1.46. The van der Waals surface area contributed by atoms with E-state index >= 15 is 0 Å². The maximum Gasteiger partial charge on any atom is 0.123 e. The van der Waals surface area contributed by atoms with Crippen LogP contribution in [0, 0.1) is 11.3 Å². The number of carbonyl (C=O) groups is 1. The highest BCUT2D eigenvalue weighted by atomic mass is 16.3. The summed E-state index contributed by atoms with van der Waals surface area (Å²) in [5, 5.41) is 9.99. The Morgan fingerprint density at radius 1 is 0.966 bits per heavy atom. The number of carbonyl (C=O) groups excluding carboxylic acids is 1. The molecule has 2 aliphatic carbocycles. The van der Waals surface area contributed by atoms with Crippen molar-refractivity contribution in [3.8, 4) is 5.75 Å². The molecule has 1 saturated carbocycles. The van der Waals surface area contributed by atoms with E-state index in [1.807, 2.05) is 12.1 Å². The normalized spacial score (nSPS) is 23.9. The van der Waals surface area contributed by atoms with Gasteiger partial charge < -0.3 is 14.8 Å². The Bertz CT molecular complexity index is 874. The van der Waals surface area contributed by atoms with Crippen molar-refractivity contribution < 1.29 is 9.90 Å². The molecule has 152 valence electrons. The second-order valence-electron chi connectivity index (χ2n) is 9.44. The first kappa shape index (κ1) is 18.7. The first-order valence-electron chi connectivity index (χ1n) is 11.3. The van der Waals surface area contributed by atoms with Crippen LogP contribution in [0.25, 0.3) is 0 Å². The van der Waals surface area contributed by atoms with E-state index < -0.39 is 0 Å². The maximum atomic E-state index is 11.0. The fourth-order valence-electron chi connectivity index (χ4n) is 6.27. The molecular weight excluding hydrogens is 358 g/mol. The van der Waals surface area contributed by atoms with Gasteiger partial charge in [0.2, 0.25) is 0 Å². The van der Waals surface area contributed by atoms with E-state index in [0.717, 1.165) is 38.6 Å². The predicted molar refractivity (Wildman–Crippen MR) is 117 cm³/mol. The summed E-state index contributed by atoms with van der Waals surface area (Å²) < 4.78 is 0. The molecule has 0 bridgehead atoms. The van der Waals surface area contributed by atoms with E-state index in [4.69, 9.17) is 0 Å². The second-order valence-corrected chi connectivity index (χ2v) is 9.44. The topological polar surface area (TPSA) is 40.5 Å². The largest absolute Gasteiger partial charge is 0.508 e. The predicted octanol–water partition coefficient (Wildman–Crippen LogP) is 5.45. The Hall–Kier alpha value is -2.29. The zero-order chi connectivity index (χ0) is 19.8. The van der Waals surface area contributed by atoms with Crippen LogP contribution in [0.15, 0.2) is 42.5 Å². The van der Waals surface area contributed by atoms with E-state index in [0.29, 0.717) is 17.1 Å². The molecule has 1 N–H and O–H groups in total. The Morgan fingerprint density at radius 2 is 1.69 bits per heavy atom. The van der Waals surface area contributed by atoms with Crippen LogP contribution in [0.2, 0.25) is 0 Å². The Morgan fingerprint density at radius 3 is 2.38 bits per heavy atom. The van der Waals surface area contributed by atoms with Crippen molar-refractivity contribution in [1.29, 1.82) is 0 Å². The lowest BCUT2D eigenvalue weighted by molar-refractivity contribution is -0.111. The SMILES string of the molecule is O=CC1CCN(c2ccc(C3c4ccc(O)cc4CCC34CCCC4)cc2)CC1. The van der Waals surface area contributed by atoms with Gasteiger partial charge in [-0.05, 0) is 84.9 Å². The summed E-state index contributed by atoms with van der Waals surface area (Å²) in [6.45, 7) is 1.94. The molecule has 3 heteroatoms. The molecular formula is C26H31NO2. The van der Waals surface area contributed by atoms with E-state index in [-0.39, 0.29) is 5.92 Å². The lowest BCUT2D eigenvalue weighted by atomic mass is 9.60. The van der Waals surface area contributed by atoms with Crippen molar-refractivity contribution >= 4 is 12.0 Å². The number of phenolic OH excluding ortho intramolecular Hbond substituents is 1. The number of benzene rings is 2. The lowest BCUT2D eigenvalue weighted by Crippen LogP contribution is -2.34. The van der Waals surface area contributed by atoms with E-state index in [2.05, 4.69) is 35.2 Å². The minimum Gasteiger partial charge on any atom is -0.508 e. The number of phenols is 1. The van der Waals surface area contributed by atoms with Crippen molar-refractivity contribution in [3.05, 3.63) is 59.2 Å². The van der Waals surface area contributed by atoms with Crippen LogP contribution in [0.5, 0.6) is 5.75 Å². The van der Waals surface area contributed by atoms with Gasteiger partial charge in [0, 0.05) is 30.6 Å². The minimum absolute atomic E-state index is 0.239. The molecule has 0 aromatic heterocycles. The number of aldehydes is 1. The highest BCUT2D eigenvalue weighted by Crippen LogP contribution is 2.58. The lowest BCUT2D eigenvalue weighted by Gasteiger charge is -2.43. The maximum absolute atomic E-state index is 11.0. The van der Waals surface area contributed by atoms with Gasteiger partial charge in [0.05, 0.1) is 0 Å². The van der Waals surface area contributed by atoms with Crippen molar-refractivity contribution in [2.45, 2.75) is 57.3 Å². The van der Waals surface area contributed by atoms with E-state index in [9.17, 15) is 9.90 Å². The van der Waals surface area contributed by atoms with Crippen LogP contribution >= 0.6 is 0 Å². The van der Waals surface area contributed by atoms with Gasteiger partial charge in [0.1, 0.15) is 12.0 Å². The number of piperidine rings is 1. The highest BCUT2D eigenvalue weighted by Gasteiger charge is 2.45. The number of rotatable bonds is 3. The number of aryl methyl sites for hydroxylation is 1. The van der Waals surface area contributed by atoms with Gasteiger partial charge in [-0.1, -0.05) is 31.0 Å². The molecule has 0 amide bonds. The summed E-state index contributed by atoms with van der Waals surface area (Å²) in [5.74, 6) is 1.06. The van der Waals surface area contributed by atoms with Crippen LogP contribution in [-0.4, -0.2) is 24.5 Å². The van der Waals surface area contributed by atoms with Gasteiger partial charge >= 0.3 is 0 Å². The molecule has 1 spiro atoms. The minimum atomic E-state index is 0.239. The third-order valence-corrected chi connectivity index (χ3v) is 7.87. The van der Waals surface area contributed by atoms with Crippen molar-refractivity contribution in [2.24, 2.45) is 11.3 Å². The molecule has 1 unspecified atom stereocenters. The first-order valence-corrected chi connectivity index (χ1v) is 11.3. The summed E-state index contributed by atoms with van der Waals surface area (Å²) in [6, 6.07) is 15.3. The van der Waals surface area contributed by atoms with Crippen molar-refractivity contribution in [3.63, 3.8) is 0 Å². The fraction of sp³-hybridized carbons (Fsp3) is 0.500. The third-order valence-electron chi connectivity index (χ3n) is 7.87. The summed E-state index contributed by atoms with van der Waals surface area (Å²) in [4.78, 5) is 13.5. The third kappa shape index (κ3) is 3.35. The summed E-state index contributed by atoms with van der Waals surface area (Å²) in [7, 11) is 0. The van der Waals surface area contributed by atoms with Gasteiger partial charge in [0.25, 0.3) is 0 Å². The zero-order valence-electron chi connectivity index (χ0n) is 17.1. The molecule has 1 heterocycles. The molecule has 1 aliphatic heterocycles. The van der Waals surface area contributed by atoms with Crippen molar-refractivity contribution in [2.75, 3.05) is 18.0 Å². The molecule has 3 aliphatic rings. The standard InChI is InChI=1S/C26H31NO2/c28-18-19-10-15-27(16-11-19)22-5-3-20(4-6-22)25-24-8-7-23(29)17-21(24)9-14-26(25)12-1-2-13-26/h3-8,17-19,25,29H,1-2,9-16H2. The number of fused-ring (bicyclic) bond motifs is 1. The van der Waals surface area contributed by atoms with Crippen molar-refractivity contribution in [1.82, 2.24) is 0 Å². The molecule has 5 rings (SSSR count). The molecule has 29 heavy (non-hydrogen) atoms. The number of aromatic hydroxyl groups is 1. The van der Waals surface area contributed by atoms with Crippen LogP contribution in [0.4, 0.5) is 5.69 Å². The number of hydrogen-bond acceptors (Lipinski definition) is 3. The van der Waals surface area contributed by atoms with Gasteiger partial charge in [-0.15, -0.1) is 0 Å². The molecule has 2 aromatic carbocycles. The quantitative estimate of drug-likeness (QED) is 0.710. The molecule has 2 aromatic rings. The average molecular weight is 390 g/mol. The number of hydrogen-bond donors (Lipinski definition) is 1. The van der Waals surface area contributed by atoms with Crippen LogP contribution in [0.3, 0.4) is 0 Å². The monoisotopic (exact) mass is 389 g/mol. The zero-order valence-corrected chi connectivity index (χ0v) is 17.1. The number of anilines is 1. The van der Waals surface area contributed by atoms with Crippen LogP contribution in [0.1, 0.15) is 67.6 Å². The summed E-state index contributed by atoms with van der Waals surface area (Å²) >= 11 is 0. The molecule has 3 nitrogen and oxygen atoms in total. The Labute approximate surface area is 173 Å². The fourth-order valence-corrected chi connectivity index (χ4v) is 6.27. The first-order chi connectivity index (χ1) is 14.2. The van der Waals surface area contributed by atoms with E-state index in [1.54, 1.807) is 0 Å².